The van der Waals surface area contributed by atoms with Gasteiger partial charge < -0.3 is 5.32 Å². The van der Waals surface area contributed by atoms with Crippen LogP contribution in [0.25, 0.3) is 0 Å². The predicted octanol–water partition coefficient (Wildman–Crippen LogP) is 3.66. The van der Waals surface area contributed by atoms with E-state index >= 15 is 0 Å². The first-order valence-corrected chi connectivity index (χ1v) is 6.05. The van der Waals surface area contributed by atoms with Crippen LogP contribution in [0.3, 0.4) is 0 Å². The van der Waals surface area contributed by atoms with Gasteiger partial charge in [-0.2, -0.15) is 0 Å². The van der Waals surface area contributed by atoms with Crippen molar-refractivity contribution in [1.82, 2.24) is 5.32 Å². The van der Waals surface area contributed by atoms with Gasteiger partial charge in [-0.05, 0) is 44.0 Å². The number of benzene rings is 1. The lowest BCUT2D eigenvalue weighted by Gasteiger charge is -2.14. The zero-order valence-corrected chi connectivity index (χ0v) is 10.3. The zero-order chi connectivity index (χ0) is 11.1. The summed E-state index contributed by atoms with van der Waals surface area (Å²) in [5, 5.41) is 4.18. The van der Waals surface area contributed by atoms with Gasteiger partial charge in [0.2, 0.25) is 0 Å². The van der Waals surface area contributed by atoms with Crippen molar-refractivity contribution in [2.75, 3.05) is 7.05 Å². The number of rotatable bonds is 6. The minimum Gasteiger partial charge on any atom is -0.317 e. The average molecular weight is 226 g/mol. The number of halogens is 1. The molecule has 0 saturated heterocycles. The summed E-state index contributed by atoms with van der Waals surface area (Å²) >= 11 is 5.84. The molecule has 0 aliphatic carbocycles. The molecule has 1 aromatic carbocycles. The van der Waals surface area contributed by atoms with Gasteiger partial charge in [0.05, 0.1) is 0 Å². The van der Waals surface area contributed by atoms with E-state index in [1.54, 1.807) is 0 Å². The first-order chi connectivity index (χ1) is 7.26. The Balaban J connectivity index is 2.38. The number of aryl methyl sites for hydroxylation is 1. The van der Waals surface area contributed by atoms with Crippen LogP contribution < -0.4 is 5.32 Å². The standard InChI is InChI=1S/C13H20ClN/c1-3-4-13(15-2)10-7-11-5-8-12(14)9-6-11/h5-6,8-9,13,15H,3-4,7,10H2,1-2H3. The third kappa shape index (κ3) is 4.67. The summed E-state index contributed by atoms with van der Waals surface area (Å²) in [5.74, 6) is 0. The van der Waals surface area contributed by atoms with Gasteiger partial charge in [0, 0.05) is 11.1 Å². The van der Waals surface area contributed by atoms with Crippen LogP contribution in [0, 0.1) is 0 Å². The van der Waals surface area contributed by atoms with E-state index in [1.165, 1.54) is 24.8 Å². The molecule has 2 heteroatoms. The van der Waals surface area contributed by atoms with Gasteiger partial charge in [-0.15, -0.1) is 0 Å². The fourth-order valence-electron chi connectivity index (χ4n) is 1.77. The highest BCUT2D eigenvalue weighted by Gasteiger charge is 2.04. The van der Waals surface area contributed by atoms with Crippen LogP contribution in [-0.2, 0) is 6.42 Å². The smallest absolute Gasteiger partial charge is 0.0406 e. The average Bonchev–Trinajstić information content (AvgIpc) is 2.26. The fourth-order valence-corrected chi connectivity index (χ4v) is 1.90. The molecule has 0 saturated carbocycles. The Bertz CT molecular complexity index is 268. The van der Waals surface area contributed by atoms with Crippen molar-refractivity contribution < 1.29 is 0 Å². The molecular weight excluding hydrogens is 206 g/mol. The Hall–Kier alpha value is -0.530. The molecule has 84 valence electrons. The second kappa shape index (κ2) is 6.86. The molecule has 1 N–H and O–H groups in total. The molecule has 1 unspecified atom stereocenters. The highest BCUT2D eigenvalue weighted by atomic mass is 35.5. The summed E-state index contributed by atoms with van der Waals surface area (Å²) in [7, 11) is 2.04. The first kappa shape index (κ1) is 12.5. The van der Waals surface area contributed by atoms with Crippen molar-refractivity contribution in [2.45, 2.75) is 38.6 Å². The van der Waals surface area contributed by atoms with Crippen molar-refractivity contribution >= 4 is 11.6 Å². The lowest BCUT2D eigenvalue weighted by atomic mass is 10.0. The Labute approximate surface area is 97.8 Å². The van der Waals surface area contributed by atoms with Gasteiger partial charge in [-0.3, -0.25) is 0 Å². The maximum absolute atomic E-state index is 5.84. The first-order valence-electron chi connectivity index (χ1n) is 5.68. The van der Waals surface area contributed by atoms with Gasteiger partial charge >= 0.3 is 0 Å². The van der Waals surface area contributed by atoms with Gasteiger partial charge in [0.1, 0.15) is 0 Å². The maximum atomic E-state index is 5.84. The Morgan fingerprint density at radius 2 is 1.87 bits per heavy atom. The zero-order valence-electron chi connectivity index (χ0n) is 9.59. The van der Waals surface area contributed by atoms with Gasteiger partial charge in [0.15, 0.2) is 0 Å². The Morgan fingerprint density at radius 1 is 1.20 bits per heavy atom. The van der Waals surface area contributed by atoms with E-state index < -0.39 is 0 Å². The highest BCUT2D eigenvalue weighted by Crippen LogP contribution is 2.12. The summed E-state index contributed by atoms with van der Waals surface area (Å²) in [5.41, 5.74) is 1.37. The van der Waals surface area contributed by atoms with Crippen LogP contribution in [0.15, 0.2) is 24.3 Å². The molecular formula is C13H20ClN. The molecule has 0 radical (unpaired) electrons. The van der Waals surface area contributed by atoms with E-state index in [1.807, 2.05) is 19.2 Å². The van der Waals surface area contributed by atoms with Crippen LogP contribution in [0.5, 0.6) is 0 Å². The summed E-state index contributed by atoms with van der Waals surface area (Å²) in [4.78, 5) is 0. The van der Waals surface area contributed by atoms with Crippen LogP contribution in [0.4, 0.5) is 0 Å². The fraction of sp³-hybridized carbons (Fsp3) is 0.538. The Morgan fingerprint density at radius 3 is 2.40 bits per heavy atom. The summed E-state index contributed by atoms with van der Waals surface area (Å²) in [6, 6.07) is 8.80. The largest absolute Gasteiger partial charge is 0.317 e. The molecule has 1 rings (SSSR count). The van der Waals surface area contributed by atoms with E-state index in [9.17, 15) is 0 Å². The molecule has 0 spiro atoms. The van der Waals surface area contributed by atoms with Crippen molar-refractivity contribution in [2.24, 2.45) is 0 Å². The molecule has 0 amide bonds. The third-order valence-electron chi connectivity index (χ3n) is 2.74. The van der Waals surface area contributed by atoms with E-state index in [0.29, 0.717) is 6.04 Å². The lowest BCUT2D eigenvalue weighted by Crippen LogP contribution is -2.25. The molecule has 0 heterocycles. The molecule has 0 aromatic heterocycles. The molecule has 15 heavy (non-hydrogen) atoms. The summed E-state index contributed by atoms with van der Waals surface area (Å²) < 4.78 is 0. The van der Waals surface area contributed by atoms with Gasteiger partial charge in [0.25, 0.3) is 0 Å². The number of hydrogen-bond acceptors (Lipinski definition) is 1. The van der Waals surface area contributed by atoms with E-state index in [-0.39, 0.29) is 0 Å². The molecule has 0 aliphatic rings. The SMILES string of the molecule is CCCC(CCc1ccc(Cl)cc1)NC. The van der Waals surface area contributed by atoms with Crippen molar-refractivity contribution in [1.29, 1.82) is 0 Å². The predicted molar refractivity (Wildman–Crippen MR) is 67.5 cm³/mol. The van der Waals surface area contributed by atoms with E-state index in [2.05, 4.69) is 24.4 Å². The second-order valence-electron chi connectivity index (χ2n) is 3.94. The quantitative estimate of drug-likeness (QED) is 0.779. The van der Waals surface area contributed by atoms with Crippen molar-refractivity contribution in [3.8, 4) is 0 Å². The van der Waals surface area contributed by atoms with Gasteiger partial charge in [-0.25, -0.2) is 0 Å². The molecule has 1 nitrogen and oxygen atoms in total. The maximum Gasteiger partial charge on any atom is 0.0406 e. The van der Waals surface area contributed by atoms with Crippen LogP contribution >= 0.6 is 11.6 Å². The van der Waals surface area contributed by atoms with Gasteiger partial charge in [-0.1, -0.05) is 37.1 Å². The normalized spacial score (nSPS) is 12.7. The highest BCUT2D eigenvalue weighted by molar-refractivity contribution is 6.30. The topological polar surface area (TPSA) is 12.0 Å². The Kier molecular flexibility index (Phi) is 5.74. The van der Waals surface area contributed by atoms with Crippen molar-refractivity contribution in [3.05, 3.63) is 34.9 Å². The van der Waals surface area contributed by atoms with E-state index in [0.717, 1.165) is 11.4 Å². The molecule has 0 aliphatic heterocycles. The summed E-state index contributed by atoms with van der Waals surface area (Å²) in [6.45, 7) is 2.23. The van der Waals surface area contributed by atoms with Crippen molar-refractivity contribution in [3.63, 3.8) is 0 Å². The lowest BCUT2D eigenvalue weighted by molar-refractivity contribution is 0.484. The molecule has 0 fully saturated rings. The molecule has 0 bridgehead atoms. The monoisotopic (exact) mass is 225 g/mol. The minimum atomic E-state index is 0.644. The minimum absolute atomic E-state index is 0.644. The molecule has 1 aromatic rings. The summed E-state index contributed by atoms with van der Waals surface area (Å²) in [6.07, 6.45) is 4.82. The number of nitrogens with one attached hydrogen (secondary N) is 1. The third-order valence-corrected chi connectivity index (χ3v) is 2.99. The van der Waals surface area contributed by atoms with Crippen LogP contribution in [0.2, 0.25) is 5.02 Å². The van der Waals surface area contributed by atoms with Crippen LogP contribution in [-0.4, -0.2) is 13.1 Å². The second-order valence-corrected chi connectivity index (χ2v) is 4.38. The van der Waals surface area contributed by atoms with E-state index in [4.69, 9.17) is 11.6 Å². The molecule has 1 atom stereocenters. The van der Waals surface area contributed by atoms with Crippen LogP contribution in [0.1, 0.15) is 31.7 Å². The number of hydrogen-bond donors (Lipinski definition) is 1.